The van der Waals surface area contributed by atoms with Gasteiger partial charge in [0.15, 0.2) is 11.5 Å². The summed E-state index contributed by atoms with van der Waals surface area (Å²) in [6.07, 6.45) is 2.07. The molecule has 0 spiro atoms. The molecule has 0 saturated heterocycles. The first-order valence-corrected chi connectivity index (χ1v) is 11.5. The van der Waals surface area contributed by atoms with Gasteiger partial charge in [-0.2, -0.15) is 0 Å². The van der Waals surface area contributed by atoms with Crippen molar-refractivity contribution >= 4 is 24.6 Å². The van der Waals surface area contributed by atoms with E-state index in [1.807, 2.05) is 32.8 Å². The lowest BCUT2D eigenvalue weighted by atomic mass is 9.75. The molecule has 10 nitrogen and oxygen atoms in total. The number of anilines is 1. The van der Waals surface area contributed by atoms with Crippen molar-refractivity contribution in [1.29, 1.82) is 0 Å². The fourth-order valence-corrected chi connectivity index (χ4v) is 4.54. The Morgan fingerprint density at radius 1 is 1.06 bits per heavy atom. The Labute approximate surface area is 202 Å². The fourth-order valence-electron chi connectivity index (χ4n) is 4.54. The third-order valence-corrected chi connectivity index (χ3v) is 6.03. The highest BCUT2D eigenvalue weighted by atomic mass is 16.5. The number of carbonyl (C=O) groups excluding carboxylic acids is 2. The van der Waals surface area contributed by atoms with Crippen LogP contribution in [-0.2, 0) is 22.4 Å². The average molecular weight is 479 g/mol. The first kappa shape index (κ1) is 27.6. The number of benzene rings is 1. The van der Waals surface area contributed by atoms with Gasteiger partial charge >= 0.3 is 7.12 Å². The zero-order chi connectivity index (χ0) is 25.6. The highest BCUT2D eigenvalue weighted by Gasteiger charge is 2.34. The Hall–Kier alpha value is -2.66. The Morgan fingerprint density at radius 2 is 1.68 bits per heavy atom. The number of fused-ring (bicyclic) bond motifs is 1. The van der Waals surface area contributed by atoms with Crippen LogP contribution >= 0.6 is 0 Å². The predicted molar refractivity (Wildman–Crippen MR) is 131 cm³/mol. The van der Waals surface area contributed by atoms with Crippen molar-refractivity contribution in [2.24, 2.45) is 11.8 Å². The van der Waals surface area contributed by atoms with Crippen LogP contribution < -0.4 is 29.7 Å². The van der Waals surface area contributed by atoms with Gasteiger partial charge in [0.1, 0.15) is 0 Å². The molecule has 1 aliphatic rings. The van der Waals surface area contributed by atoms with E-state index in [0.29, 0.717) is 42.9 Å². The van der Waals surface area contributed by atoms with Crippen LogP contribution in [0.15, 0.2) is 0 Å². The van der Waals surface area contributed by atoms with E-state index in [4.69, 9.17) is 14.2 Å². The van der Waals surface area contributed by atoms with Gasteiger partial charge in [-0.05, 0) is 37.2 Å². The minimum Gasteiger partial charge on any atom is -0.492 e. The summed E-state index contributed by atoms with van der Waals surface area (Å²) in [5, 5.41) is 24.3. The van der Waals surface area contributed by atoms with E-state index in [0.717, 1.165) is 16.8 Å². The smallest absolute Gasteiger partial charge is 0.475 e. The number of carbonyl (C=O) groups is 2. The van der Waals surface area contributed by atoms with E-state index in [2.05, 4.69) is 10.6 Å². The second kappa shape index (κ2) is 12.2. The van der Waals surface area contributed by atoms with Crippen molar-refractivity contribution in [2.45, 2.75) is 45.5 Å². The molecular weight excluding hydrogens is 441 g/mol. The van der Waals surface area contributed by atoms with Gasteiger partial charge in [0.25, 0.3) is 0 Å². The van der Waals surface area contributed by atoms with Crippen molar-refractivity contribution in [3.05, 3.63) is 11.1 Å². The monoisotopic (exact) mass is 479 g/mol. The van der Waals surface area contributed by atoms with Crippen molar-refractivity contribution in [3.8, 4) is 17.2 Å². The number of hydrogen-bond acceptors (Lipinski definition) is 8. The highest BCUT2D eigenvalue weighted by molar-refractivity contribution is 6.43. The topological polar surface area (TPSA) is 130 Å². The highest BCUT2D eigenvalue weighted by Crippen LogP contribution is 2.51. The van der Waals surface area contributed by atoms with Gasteiger partial charge in [0.2, 0.25) is 17.6 Å². The molecule has 1 aromatic carbocycles. The summed E-state index contributed by atoms with van der Waals surface area (Å²) in [5.74, 6) is 0.0191. The molecule has 0 radical (unpaired) electrons. The molecule has 0 bridgehead atoms. The van der Waals surface area contributed by atoms with Gasteiger partial charge < -0.3 is 39.8 Å². The molecule has 0 fully saturated rings. The number of rotatable bonds is 11. The lowest BCUT2D eigenvalue weighted by Crippen LogP contribution is -2.50. The van der Waals surface area contributed by atoms with Crippen molar-refractivity contribution in [2.75, 3.05) is 46.9 Å². The van der Waals surface area contributed by atoms with E-state index in [1.54, 1.807) is 21.3 Å². The SMILES string of the molecule is COc1c2c(c(N(C)C)c(OC)c1OC)CC(C(=O)NCC(=O)NC(CC(C)C)B(O)O)CC2. The summed E-state index contributed by atoms with van der Waals surface area (Å²) in [6, 6.07) is 0. The van der Waals surface area contributed by atoms with E-state index in [1.165, 1.54) is 0 Å². The zero-order valence-corrected chi connectivity index (χ0v) is 21.2. The van der Waals surface area contributed by atoms with Crippen LogP contribution in [0.25, 0.3) is 0 Å². The molecule has 0 aromatic heterocycles. The van der Waals surface area contributed by atoms with Gasteiger partial charge in [-0.15, -0.1) is 0 Å². The Morgan fingerprint density at radius 3 is 2.18 bits per heavy atom. The van der Waals surface area contributed by atoms with E-state index in [-0.39, 0.29) is 24.3 Å². The summed E-state index contributed by atoms with van der Waals surface area (Å²) in [7, 11) is 6.86. The van der Waals surface area contributed by atoms with Gasteiger partial charge in [-0.1, -0.05) is 13.8 Å². The summed E-state index contributed by atoms with van der Waals surface area (Å²) >= 11 is 0. The van der Waals surface area contributed by atoms with Gasteiger partial charge in [-0.25, -0.2) is 0 Å². The van der Waals surface area contributed by atoms with Crippen molar-refractivity contribution in [1.82, 2.24) is 10.6 Å². The van der Waals surface area contributed by atoms with Gasteiger partial charge in [0.05, 0.1) is 39.5 Å². The number of ether oxygens (including phenoxy) is 3. The molecule has 0 heterocycles. The molecule has 34 heavy (non-hydrogen) atoms. The number of amides is 2. The zero-order valence-electron chi connectivity index (χ0n) is 21.2. The molecule has 2 amide bonds. The second-order valence-electron chi connectivity index (χ2n) is 9.17. The third kappa shape index (κ3) is 6.27. The molecule has 1 aromatic rings. The normalized spacial score (nSPS) is 15.8. The van der Waals surface area contributed by atoms with Crippen LogP contribution in [0.1, 0.15) is 37.8 Å². The van der Waals surface area contributed by atoms with Crippen molar-refractivity contribution < 1.29 is 33.8 Å². The Bertz CT molecular complexity index is 877. The summed E-state index contributed by atoms with van der Waals surface area (Å²) in [6.45, 7) is 3.61. The lowest BCUT2D eigenvalue weighted by Gasteiger charge is -2.32. The largest absolute Gasteiger partial charge is 0.492 e. The molecule has 2 rings (SSSR count). The molecular formula is C23H38BN3O7. The maximum absolute atomic E-state index is 12.9. The lowest BCUT2D eigenvalue weighted by molar-refractivity contribution is -0.129. The minimum atomic E-state index is -1.66. The molecule has 190 valence electrons. The maximum Gasteiger partial charge on any atom is 0.475 e. The minimum absolute atomic E-state index is 0.169. The summed E-state index contributed by atoms with van der Waals surface area (Å²) in [4.78, 5) is 27.2. The van der Waals surface area contributed by atoms with Crippen LogP contribution in [0, 0.1) is 11.8 Å². The molecule has 0 saturated carbocycles. The quantitative estimate of drug-likeness (QED) is 0.339. The first-order chi connectivity index (χ1) is 16.0. The van der Waals surface area contributed by atoms with Crippen LogP contribution in [0.2, 0.25) is 0 Å². The summed E-state index contributed by atoms with van der Waals surface area (Å²) < 4.78 is 16.9. The van der Waals surface area contributed by atoms with Crippen LogP contribution in [0.4, 0.5) is 5.69 Å². The first-order valence-electron chi connectivity index (χ1n) is 11.5. The number of methoxy groups -OCH3 is 3. The van der Waals surface area contributed by atoms with E-state index in [9.17, 15) is 19.6 Å². The molecule has 1 aliphatic carbocycles. The maximum atomic E-state index is 12.9. The van der Waals surface area contributed by atoms with E-state index >= 15 is 0 Å². The third-order valence-electron chi connectivity index (χ3n) is 6.03. The van der Waals surface area contributed by atoms with Crippen LogP contribution in [-0.4, -0.2) is 76.9 Å². The van der Waals surface area contributed by atoms with E-state index < -0.39 is 19.0 Å². The molecule has 11 heteroatoms. The number of nitrogens with one attached hydrogen (secondary N) is 2. The predicted octanol–water partition coefficient (Wildman–Crippen LogP) is 0.542. The number of nitrogens with zero attached hydrogens (tertiary/aromatic N) is 1. The van der Waals surface area contributed by atoms with Crippen LogP contribution in [0.3, 0.4) is 0 Å². The van der Waals surface area contributed by atoms with Crippen molar-refractivity contribution in [3.63, 3.8) is 0 Å². The standard InChI is InChI=1S/C23H38BN3O7/c1-13(2)10-17(24(30)31)26-18(28)12-25-23(29)14-8-9-15-16(11-14)19(27(3)4)21(33-6)22(34-7)20(15)32-5/h13-14,17,30-31H,8-12H2,1-7H3,(H,25,29)(H,26,28). The van der Waals surface area contributed by atoms with Gasteiger partial charge in [0, 0.05) is 25.6 Å². The average Bonchev–Trinajstić information content (AvgIpc) is 2.79. The van der Waals surface area contributed by atoms with Crippen LogP contribution in [0.5, 0.6) is 17.2 Å². The molecule has 2 atom stereocenters. The number of hydrogen-bond donors (Lipinski definition) is 4. The Kier molecular flexibility index (Phi) is 9.87. The summed E-state index contributed by atoms with van der Waals surface area (Å²) in [5.41, 5.74) is 2.77. The molecule has 4 N–H and O–H groups in total. The molecule has 2 unspecified atom stereocenters. The Balaban J connectivity index is 2.18. The molecule has 0 aliphatic heterocycles. The fraction of sp³-hybridized carbons (Fsp3) is 0.652. The second-order valence-corrected chi connectivity index (χ2v) is 9.17. The van der Waals surface area contributed by atoms with Gasteiger partial charge in [-0.3, -0.25) is 9.59 Å².